The molecular weight excluding hydrogens is 338 g/mol. The number of benzene rings is 1. The number of rotatable bonds is 5. The van der Waals surface area contributed by atoms with Crippen molar-refractivity contribution in [3.63, 3.8) is 0 Å². The fourth-order valence-corrected chi connectivity index (χ4v) is 3.76. The van der Waals surface area contributed by atoms with E-state index in [0.29, 0.717) is 4.47 Å². The topological polar surface area (TPSA) is 15.3 Å². The second kappa shape index (κ2) is 6.71. The van der Waals surface area contributed by atoms with E-state index in [1.807, 2.05) is 0 Å². The third-order valence-corrected chi connectivity index (χ3v) is 5.44. The Labute approximate surface area is 134 Å². The summed E-state index contributed by atoms with van der Waals surface area (Å²) in [6, 6.07) is 2.35. The summed E-state index contributed by atoms with van der Waals surface area (Å²) >= 11 is 3.17. The van der Waals surface area contributed by atoms with E-state index < -0.39 is 17.7 Å². The predicted octanol–water partition coefficient (Wildman–Crippen LogP) is 4.25. The molecule has 0 spiro atoms. The van der Waals surface area contributed by atoms with E-state index >= 15 is 0 Å². The zero-order valence-corrected chi connectivity index (χ0v) is 14.4. The highest BCUT2D eigenvalue weighted by molar-refractivity contribution is 9.10. The van der Waals surface area contributed by atoms with Gasteiger partial charge < -0.3 is 5.32 Å². The molecule has 2 atom stereocenters. The fraction of sp³-hybridized carbons (Fsp3) is 0.625. The quantitative estimate of drug-likeness (QED) is 0.789. The van der Waals surface area contributed by atoms with Crippen molar-refractivity contribution < 1.29 is 8.78 Å². The minimum absolute atomic E-state index is 0.128. The molecule has 2 unspecified atom stereocenters. The van der Waals surface area contributed by atoms with Crippen molar-refractivity contribution >= 4 is 15.9 Å². The SMILES string of the molecule is CCC(C)(C(NC)c1c(F)ccc(Br)c1F)N1CCCC1. The minimum atomic E-state index is -0.506. The molecule has 1 aliphatic heterocycles. The van der Waals surface area contributed by atoms with Crippen LogP contribution in [-0.4, -0.2) is 30.6 Å². The molecule has 1 N–H and O–H groups in total. The zero-order chi connectivity index (χ0) is 15.6. The molecular formula is C16H23BrF2N2. The third kappa shape index (κ3) is 3.01. The molecule has 0 saturated carbocycles. The highest BCUT2D eigenvalue weighted by atomic mass is 79.9. The van der Waals surface area contributed by atoms with Crippen LogP contribution in [0.1, 0.15) is 44.7 Å². The van der Waals surface area contributed by atoms with Crippen LogP contribution in [0.25, 0.3) is 0 Å². The van der Waals surface area contributed by atoms with Crippen molar-refractivity contribution in [2.75, 3.05) is 20.1 Å². The predicted molar refractivity (Wildman–Crippen MR) is 85.4 cm³/mol. The summed E-state index contributed by atoms with van der Waals surface area (Å²) in [7, 11) is 1.77. The van der Waals surface area contributed by atoms with Gasteiger partial charge in [0, 0.05) is 11.1 Å². The maximum Gasteiger partial charge on any atom is 0.145 e. The van der Waals surface area contributed by atoms with Gasteiger partial charge in [-0.1, -0.05) is 6.92 Å². The molecule has 1 aromatic rings. The molecule has 118 valence electrons. The summed E-state index contributed by atoms with van der Waals surface area (Å²) in [4.78, 5) is 2.36. The van der Waals surface area contributed by atoms with E-state index in [2.05, 4.69) is 40.0 Å². The van der Waals surface area contributed by atoms with Gasteiger partial charge in [0.2, 0.25) is 0 Å². The summed E-state index contributed by atoms with van der Waals surface area (Å²) in [5, 5.41) is 3.15. The maximum absolute atomic E-state index is 14.5. The second-order valence-electron chi connectivity index (χ2n) is 5.88. The second-order valence-corrected chi connectivity index (χ2v) is 6.74. The lowest BCUT2D eigenvalue weighted by Crippen LogP contribution is -2.53. The molecule has 1 heterocycles. The maximum atomic E-state index is 14.5. The number of nitrogens with zero attached hydrogens (tertiary/aromatic N) is 1. The lowest BCUT2D eigenvalue weighted by molar-refractivity contribution is 0.0840. The third-order valence-electron chi connectivity index (χ3n) is 4.82. The Morgan fingerprint density at radius 1 is 1.33 bits per heavy atom. The smallest absolute Gasteiger partial charge is 0.145 e. The number of halogens is 3. The minimum Gasteiger partial charge on any atom is -0.311 e. The van der Waals surface area contributed by atoms with Crippen molar-refractivity contribution in [1.29, 1.82) is 0 Å². The molecule has 0 amide bonds. The summed E-state index contributed by atoms with van der Waals surface area (Å²) in [6.45, 7) is 6.15. The fourth-order valence-electron chi connectivity index (χ4n) is 3.41. The van der Waals surface area contributed by atoms with Gasteiger partial charge >= 0.3 is 0 Å². The molecule has 1 aromatic carbocycles. The van der Waals surface area contributed by atoms with Gasteiger partial charge in [-0.25, -0.2) is 8.78 Å². The van der Waals surface area contributed by atoms with Gasteiger partial charge in [-0.3, -0.25) is 4.90 Å². The molecule has 0 aliphatic carbocycles. The molecule has 2 nitrogen and oxygen atoms in total. The number of nitrogens with one attached hydrogen (secondary N) is 1. The molecule has 21 heavy (non-hydrogen) atoms. The molecule has 1 aliphatic rings. The van der Waals surface area contributed by atoms with Crippen LogP contribution in [0.5, 0.6) is 0 Å². The normalized spacial score (nSPS) is 20.5. The Morgan fingerprint density at radius 2 is 1.95 bits per heavy atom. The standard InChI is InChI=1S/C16H23BrF2N2/c1-4-16(2,21-9-5-6-10-21)15(20-3)13-12(18)8-7-11(17)14(13)19/h7-8,15,20H,4-6,9-10H2,1-3H3. The van der Waals surface area contributed by atoms with Crippen molar-refractivity contribution in [1.82, 2.24) is 10.2 Å². The average Bonchev–Trinajstić information content (AvgIpc) is 3.01. The van der Waals surface area contributed by atoms with Crippen molar-refractivity contribution in [2.24, 2.45) is 0 Å². The van der Waals surface area contributed by atoms with Gasteiger partial charge in [-0.2, -0.15) is 0 Å². The Balaban J connectivity index is 2.49. The molecule has 1 fully saturated rings. The Bertz CT molecular complexity index is 503. The van der Waals surface area contributed by atoms with Crippen LogP contribution in [0.4, 0.5) is 8.78 Å². The van der Waals surface area contributed by atoms with E-state index in [-0.39, 0.29) is 11.1 Å². The lowest BCUT2D eigenvalue weighted by Gasteiger charge is -2.44. The van der Waals surface area contributed by atoms with Crippen LogP contribution in [0.2, 0.25) is 0 Å². The van der Waals surface area contributed by atoms with E-state index in [9.17, 15) is 8.78 Å². The van der Waals surface area contributed by atoms with Gasteiger partial charge in [0.25, 0.3) is 0 Å². The molecule has 5 heteroatoms. The van der Waals surface area contributed by atoms with Crippen LogP contribution in [0.15, 0.2) is 16.6 Å². The van der Waals surface area contributed by atoms with Crippen LogP contribution in [-0.2, 0) is 0 Å². The van der Waals surface area contributed by atoms with Crippen LogP contribution >= 0.6 is 15.9 Å². The first-order valence-electron chi connectivity index (χ1n) is 7.51. The van der Waals surface area contributed by atoms with E-state index in [1.54, 1.807) is 7.05 Å². The largest absolute Gasteiger partial charge is 0.311 e. The number of hydrogen-bond donors (Lipinski definition) is 1. The number of hydrogen-bond acceptors (Lipinski definition) is 2. The first kappa shape index (κ1) is 16.8. The van der Waals surface area contributed by atoms with Crippen molar-refractivity contribution in [2.45, 2.75) is 44.7 Å². The highest BCUT2D eigenvalue weighted by Gasteiger charge is 2.42. The first-order valence-corrected chi connectivity index (χ1v) is 8.30. The summed E-state index contributed by atoms with van der Waals surface area (Å²) < 4.78 is 29.1. The van der Waals surface area contributed by atoms with Gasteiger partial charge in [0.1, 0.15) is 11.6 Å². The van der Waals surface area contributed by atoms with E-state index in [4.69, 9.17) is 0 Å². The summed E-state index contributed by atoms with van der Waals surface area (Å²) in [6.07, 6.45) is 3.12. The van der Waals surface area contributed by atoms with Gasteiger partial charge in [-0.15, -0.1) is 0 Å². The van der Waals surface area contributed by atoms with Crippen molar-refractivity contribution in [3.8, 4) is 0 Å². The summed E-state index contributed by atoms with van der Waals surface area (Å²) in [5.74, 6) is -0.998. The molecule has 0 bridgehead atoms. The van der Waals surface area contributed by atoms with E-state index in [1.165, 1.54) is 12.1 Å². The van der Waals surface area contributed by atoms with Gasteiger partial charge in [-0.05, 0) is 74.4 Å². The monoisotopic (exact) mass is 360 g/mol. The number of likely N-dealkylation sites (N-methyl/N-ethyl adjacent to an activating group) is 1. The Kier molecular flexibility index (Phi) is 5.38. The highest BCUT2D eigenvalue weighted by Crippen LogP contribution is 2.39. The molecule has 2 rings (SSSR count). The molecule has 0 aromatic heterocycles. The lowest BCUT2D eigenvalue weighted by atomic mass is 9.82. The van der Waals surface area contributed by atoms with Crippen molar-refractivity contribution in [3.05, 3.63) is 33.8 Å². The van der Waals surface area contributed by atoms with Gasteiger partial charge in [0.15, 0.2) is 0 Å². The van der Waals surface area contributed by atoms with Crippen LogP contribution in [0, 0.1) is 11.6 Å². The van der Waals surface area contributed by atoms with E-state index in [0.717, 1.165) is 32.4 Å². The molecule has 1 saturated heterocycles. The van der Waals surface area contributed by atoms with Gasteiger partial charge in [0.05, 0.1) is 10.5 Å². The average molecular weight is 361 g/mol. The van der Waals surface area contributed by atoms with Crippen LogP contribution in [0.3, 0.4) is 0 Å². The zero-order valence-electron chi connectivity index (χ0n) is 12.8. The Hall–Kier alpha value is -0.520. The Morgan fingerprint density at radius 3 is 2.48 bits per heavy atom. The first-order chi connectivity index (χ1) is 9.95. The number of likely N-dealkylation sites (tertiary alicyclic amines) is 1. The molecule has 0 radical (unpaired) electrons. The van der Waals surface area contributed by atoms with Crippen LogP contribution < -0.4 is 5.32 Å². The summed E-state index contributed by atoms with van der Waals surface area (Å²) in [5.41, 5.74) is -0.184.